The van der Waals surface area contributed by atoms with Gasteiger partial charge in [-0.25, -0.2) is 0 Å². The first-order valence-electron chi connectivity index (χ1n) is 6.46. The van der Waals surface area contributed by atoms with Crippen molar-refractivity contribution in [1.29, 1.82) is 0 Å². The van der Waals surface area contributed by atoms with Gasteiger partial charge in [0.25, 0.3) is 0 Å². The molecule has 1 N–H and O–H groups in total. The number of hydrogen-bond acceptors (Lipinski definition) is 3. The summed E-state index contributed by atoms with van der Waals surface area (Å²) in [6.45, 7) is 5.07. The smallest absolute Gasteiger partial charge is 0.101 e. The summed E-state index contributed by atoms with van der Waals surface area (Å²) in [7, 11) is 1.99. The monoisotopic (exact) mass is 247 g/mol. The lowest BCUT2D eigenvalue weighted by Crippen LogP contribution is -2.21. The Morgan fingerprint density at radius 1 is 1.50 bits per heavy atom. The minimum Gasteiger partial charge on any atom is -0.469 e. The fraction of sp³-hybridized carbons (Fsp3) is 0.500. The zero-order valence-electron chi connectivity index (χ0n) is 11.3. The highest BCUT2D eigenvalue weighted by atomic mass is 16.3. The molecular weight excluding hydrogens is 226 g/mol. The van der Waals surface area contributed by atoms with Crippen LogP contribution >= 0.6 is 0 Å². The quantitative estimate of drug-likeness (QED) is 0.853. The van der Waals surface area contributed by atoms with Crippen LogP contribution in [0.1, 0.15) is 36.4 Å². The van der Waals surface area contributed by atoms with Crippen molar-refractivity contribution >= 4 is 0 Å². The topological polar surface area (TPSA) is 43.0 Å². The SMILES string of the molecule is CCNC(CCc1ccnn1C)c1coc(C)c1. The van der Waals surface area contributed by atoms with E-state index >= 15 is 0 Å². The number of furan rings is 1. The Hall–Kier alpha value is -1.55. The first-order valence-corrected chi connectivity index (χ1v) is 6.46. The molecule has 0 amide bonds. The third-order valence-corrected chi connectivity index (χ3v) is 3.22. The second-order valence-corrected chi connectivity index (χ2v) is 4.59. The molecular formula is C14H21N3O. The molecule has 1 unspecified atom stereocenters. The predicted octanol–water partition coefficient (Wildman–Crippen LogP) is 2.60. The normalized spacial score (nSPS) is 12.8. The van der Waals surface area contributed by atoms with E-state index < -0.39 is 0 Å². The first-order chi connectivity index (χ1) is 8.70. The Bertz CT molecular complexity index is 487. The highest BCUT2D eigenvalue weighted by Gasteiger charge is 2.13. The van der Waals surface area contributed by atoms with Crippen LogP contribution in [0.15, 0.2) is 29.0 Å². The third kappa shape index (κ3) is 3.01. The zero-order valence-corrected chi connectivity index (χ0v) is 11.3. The average molecular weight is 247 g/mol. The molecule has 2 heterocycles. The summed E-state index contributed by atoms with van der Waals surface area (Å²) in [5.41, 5.74) is 2.50. The van der Waals surface area contributed by atoms with Crippen molar-refractivity contribution in [2.45, 2.75) is 32.7 Å². The Labute approximate surface area is 108 Å². The minimum atomic E-state index is 0.349. The number of hydrogen-bond donors (Lipinski definition) is 1. The Morgan fingerprint density at radius 3 is 2.89 bits per heavy atom. The molecule has 0 aliphatic heterocycles. The average Bonchev–Trinajstić information content (AvgIpc) is 2.94. The highest BCUT2D eigenvalue weighted by molar-refractivity contribution is 5.17. The predicted molar refractivity (Wildman–Crippen MR) is 71.4 cm³/mol. The zero-order chi connectivity index (χ0) is 13.0. The van der Waals surface area contributed by atoms with E-state index in [-0.39, 0.29) is 0 Å². The summed E-state index contributed by atoms with van der Waals surface area (Å²) in [5.74, 6) is 0.966. The van der Waals surface area contributed by atoms with Gasteiger partial charge in [-0.15, -0.1) is 0 Å². The van der Waals surface area contributed by atoms with Crippen LogP contribution in [0.25, 0.3) is 0 Å². The molecule has 98 valence electrons. The fourth-order valence-corrected chi connectivity index (χ4v) is 2.22. The standard InChI is InChI=1S/C14H21N3O/c1-4-15-14(12-9-11(2)18-10-12)6-5-13-7-8-16-17(13)3/h7-10,14-15H,4-6H2,1-3H3. The van der Waals surface area contributed by atoms with Crippen LogP contribution in [-0.4, -0.2) is 16.3 Å². The molecule has 0 saturated carbocycles. The van der Waals surface area contributed by atoms with Gasteiger partial charge in [0, 0.05) is 30.5 Å². The molecule has 0 fully saturated rings. The van der Waals surface area contributed by atoms with Crippen molar-refractivity contribution < 1.29 is 4.42 Å². The maximum Gasteiger partial charge on any atom is 0.101 e. The number of nitrogens with zero attached hydrogens (tertiary/aromatic N) is 2. The Balaban J connectivity index is 2.01. The van der Waals surface area contributed by atoms with E-state index in [1.54, 1.807) is 0 Å². The van der Waals surface area contributed by atoms with Crippen molar-refractivity contribution in [2.75, 3.05) is 6.54 Å². The van der Waals surface area contributed by atoms with Crippen LogP contribution in [-0.2, 0) is 13.5 Å². The van der Waals surface area contributed by atoms with Gasteiger partial charge in [-0.3, -0.25) is 4.68 Å². The Kier molecular flexibility index (Phi) is 4.20. The van der Waals surface area contributed by atoms with Gasteiger partial charge in [0.15, 0.2) is 0 Å². The molecule has 0 aliphatic carbocycles. The van der Waals surface area contributed by atoms with Gasteiger partial charge in [0.1, 0.15) is 5.76 Å². The lowest BCUT2D eigenvalue weighted by Gasteiger charge is -2.16. The summed E-state index contributed by atoms with van der Waals surface area (Å²) in [6.07, 6.45) is 5.76. The number of nitrogens with one attached hydrogen (secondary N) is 1. The van der Waals surface area contributed by atoms with Gasteiger partial charge in [0.05, 0.1) is 6.26 Å². The largest absolute Gasteiger partial charge is 0.469 e. The van der Waals surface area contributed by atoms with Crippen LogP contribution < -0.4 is 5.32 Å². The number of aromatic nitrogens is 2. The van der Waals surface area contributed by atoms with E-state index in [9.17, 15) is 0 Å². The van der Waals surface area contributed by atoms with E-state index in [4.69, 9.17) is 4.42 Å². The van der Waals surface area contributed by atoms with Crippen molar-refractivity contribution in [3.8, 4) is 0 Å². The molecule has 0 saturated heterocycles. The number of aryl methyl sites for hydroxylation is 3. The first kappa shape index (κ1) is 12.9. The fourth-order valence-electron chi connectivity index (χ4n) is 2.22. The molecule has 2 aromatic rings. The van der Waals surface area contributed by atoms with Gasteiger partial charge in [-0.05, 0) is 38.4 Å². The lowest BCUT2D eigenvalue weighted by molar-refractivity contribution is 0.489. The molecule has 0 radical (unpaired) electrons. The second kappa shape index (κ2) is 5.87. The van der Waals surface area contributed by atoms with E-state index in [2.05, 4.69) is 29.5 Å². The van der Waals surface area contributed by atoms with Crippen LogP contribution in [0.3, 0.4) is 0 Å². The molecule has 4 heteroatoms. The van der Waals surface area contributed by atoms with Gasteiger partial charge < -0.3 is 9.73 Å². The molecule has 0 aromatic carbocycles. The second-order valence-electron chi connectivity index (χ2n) is 4.59. The number of rotatable bonds is 6. The maximum absolute atomic E-state index is 5.40. The molecule has 18 heavy (non-hydrogen) atoms. The van der Waals surface area contributed by atoms with Crippen molar-refractivity contribution in [2.24, 2.45) is 7.05 Å². The highest BCUT2D eigenvalue weighted by Crippen LogP contribution is 2.21. The third-order valence-electron chi connectivity index (χ3n) is 3.22. The van der Waals surface area contributed by atoms with Gasteiger partial charge >= 0.3 is 0 Å². The van der Waals surface area contributed by atoms with E-state index in [1.807, 2.05) is 31.1 Å². The summed E-state index contributed by atoms with van der Waals surface area (Å²) >= 11 is 0. The van der Waals surface area contributed by atoms with Crippen molar-refractivity contribution in [3.05, 3.63) is 41.6 Å². The van der Waals surface area contributed by atoms with Crippen molar-refractivity contribution in [1.82, 2.24) is 15.1 Å². The van der Waals surface area contributed by atoms with Crippen LogP contribution in [0.4, 0.5) is 0 Å². The molecule has 2 rings (SSSR count). The summed E-state index contributed by atoms with van der Waals surface area (Å²) in [6, 6.07) is 4.53. The summed E-state index contributed by atoms with van der Waals surface area (Å²) in [5, 5.41) is 7.70. The molecule has 4 nitrogen and oxygen atoms in total. The van der Waals surface area contributed by atoms with E-state index in [0.717, 1.165) is 25.1 Å². The molecule has 1 atom stereocenters. The summed E-state index contributed by atoms with van der Waals surface area (Å²) in [4.78, 5) is 0. The van der Waals surface area contributed by atoms with Gasteiger partial charge in [-0.2, -0.15) is 5.10 Å². The van der Waals surface area contributed by atoms with Gasteiger partial charge in [-0.1, -0.05) is 6.92 Å². The maximum atomic E-state index is 5.40. The molecule has 0 bridgehead atoms. The summed E-state index contributed by atoms with van der Waals surface area (Å²) < 4.78 is 7.33. The van der Waals surface area contributed by atoms with E-state index in [0.29, 0.717) is 6.04 Å². The van der Waals surface area contributed by atoms with Crippen molar-refractivity contribution in [3.63, 3.8) is 0 Å². The molecule has 0 spiro atoms. The lowest BCUT2D eigenvalue weighted by atomic mass is 10.0. The minimum absolute atomic E-state index is 0.349. The molecule has 2 aromatic heterocycles. The van der Waals surface area contributed by atoms with Crippen LogP contribution in [0.2, 0.25) is 0 Å². The van der Waals surface area contributed by atoms with Gasteiger partial charge in [0.2, 0.25) is 0 Å². The molecule has 0 aliphatic rings. The van der Waals surface area contributed by atoms with E-state index in [1.165, 1.54) is 11.3 Å². The Morgan fingerprint density at radius 2 is 2.33 bits per heavy atom. The van der Waals surface area contributed by atoms with Crippen LogP contribution in [0.5, 0.6) is 0 Å². The van der Waals surface area contributed by atoms with Crippen LogP contribution in [0, 0.1) is 6.92 Å².